The molecule has 0 saturated carbocycles. The van der Waals surface area contributed by atoms with E-state index >= 15 is 0 Å². The van der Waals surface area contributed by atoms with E-state index in [0.29, 0.717) is 12.4 Å². The Labute approximate surface area is 137 Å². The van der Waals surface area contributed by atoms with Gasteiger partial charge in [0.05, 0.1) is 4.47 Å². The van der Waals surface area contributed by atoms with Crippen LogP contribution in [0, 0.1) is 0 Å². The monoisotopic (exact) mass is 415 g/mol. The minimum absolute atomic E-state index is 0.634. The van der Waals surface area contributed by atoms with E-state index in [1.54, 1.807) is 11.3 Å². The van der Waals surface area contributed by atoms with Crippen molar-refractivity contribution in [2.24, 2.45) is 0 Å². The SMILES string of the molecule is CNCc1c(Oc2ccc(Br)cc2Br)nc2sccn12. The van der Waals surface area contributed by atoms with Crippen LogP contribution < -0.4 is 10.1 Å². The number of nitrogens with one attached hydrogen (secondary N) is 1. The van der Waals surface area contributed by atoms with Crippen LogP contribution in [-0.4, -0.2) is 16.4 Å². The maximum Gasteiger partial charge on any atom is 0.243 e. The lowest BCUT2D eigenvalue weighted by Crippen LogP contribution is -2.08. The van der Waals surface area contributed by atoms with Gasteiger partial charge in [-0.1, -0.05) is 15.9 Å². The molecule has 7 heteroatoms. The fraction of sp³-hybridized carbons (Fsp3) is 0.154. The van der Waals surface area contributed by atoms with E-state index in [1.807, 2.05) is 41.2 Å². The third-order valence-corrected chi connectivity index (χ3v) is 4.64. The Kier molecular flexibility index (Phi) is 4.11. The molecule has 2 heterocycles. The summed E-state index contributed by atoms with van der Waals surface area (Å²) in [7, 11) is 1.91. The summed E-state index contributed by atoms with van der Waals surface area (Å²) in [4.78, 5) is 5.47. The van der Waals surface area contributed by atoms with Crippen LogP contribution in [0.5, 0.6) is 11.6 Å². The molecule has 20 heavy (non-hydrogen) atoms. The van der Waals surface area contributed by atoms with Crippen LogP contribution in [0.15, 0.2) is 38.7 Å². The van der Waals surface area contributed by atoms with Crippen LogP contribution in [0.2, 0.25) is 0 Å². The van der Waals surface area contributed by atoms with Crippen molar-refractivity contribution >= 4 is 48.2 Å². The number of hydrogen-bond acceptors (Lipinski definition) is 4. The molecule has 0 bridgehead atoms. The first-order valence-corrected chi connectivity index (χ1v) is 8.37. The van der Waals surface area contributed by atoms with Gasteiger partial charge in [-0.25, -0.2) is 0 Å². The number of benzene rings is 1. The van der Waals surface area contributed by atoms with Crippen molar-refractivity contribution < 1.29 is 4.74 Å². The van der Waals surface area contributed by atoms with Gasteiger partial charge in [-0.3, -0.25) is 4.40 Å². The molecule has 3 rings (SSSR count). The number of thiazole rings is 1. The molecule has 3 aromatic rings. The molecule has 0 radical (unpaired) electrons. The van der Waals surface area contributed by atoms with Gasteiger partial charge in [0.2, 0.25) is 5.88 Å². The minimum Gasteiger partial charge on any atom is -0.436 e. The molecule has 0 fully saturated rings. The summed E-state index contributed by atoms with van der Waals surface area (Å²) < 4.78 is 9.89. The van der Waals surface area contributed by atoms with Crippen LogP contribution in [0.25, 0.3) is 4.96 Å². The number of fused-ring (bicyclic) bond motifs is 1. The zero-order valence-electron chi connectivity index (χ0n) is 10.6. The van der Waals surface area contributed by atoms with Gasteiger partial charge in [0, 0.05) is 22.6 Å². The molecule has 104 valence electrons. The van der Waals surface area contributed by atoms with Crippen LogP contribution in [0.3, 0.4) is 0 Å². The smallest absolute Gasteiger partial charge is 0.243 e. The lowest BCUT2D eigenvalue weighted by atomic mass is 10.3. The Hall–Kier alpha value is -0.890. The molecular weight excluding hydrogens is 406 g/mol. The largest absolute Gasteiger partial charge is 0.436 e. The Morgan fingerprint density at radius 2 is 2.25 bits per heavy atom. The Morgan fingerprint density at radius 3 is 3.00 bits per heavy atom. The predicted octanol–water partition coefficient (Wildman–Crippen LogP) is 4.43. The third-order valence-electron chi connectivity index (χ3n) is 2.77. The van der Waals surface area contributed by atoms with E-state index in [1.165, 1.54) is 0 Å². The number of nitrogens with zero attached hydrogens (tertiary/aromatic N) is 2. The standard InChI is InChI=1S/C13H11Br2N3OS/c1-16-7-10-12(17-13-18(10)4-5-20-13)19-11-3-2-8(14)6-9(11)15/h2-6,16H,7H2,1H3. The maximum atomic E-state index is 5.96. The van der Waals surface area contributed by atoms with Crippen LogP contribution in [0.1, 0.15) is 5.69 Å². The first-order valence-electron chi connectivity index (χ1n) is 5.91. The summed E-state index contributed by atoms with van der Waals surface area (Å²) in [6, 6.07) is 5.80. The molecular formula is C13H11Br2N3OS. The highest BCUT2D eigenvalue weighted by molar-refractivity contribution is 9.11. The second-order valence-electron chi connectivity index (χ2n) is 4.13. The molecule has 0 unspecified atom stereocenters. The molecule has 2 aromatic heterocycles. The second kappa shape index (κ2) is 5.85. The average Bonchev–Trinajstić information content (AvgIpc) is 2.96. The first kappa shape index (κ1) is 14.1. The van der Waals surface area contributed by atoms with E-state index in [4.69, 9.17) is 4.74 Å². The third kappa shape index (κ3) is 2.63. The summed E-state index contributed by atoms with van der Waals surface area (Å²) in [6.45, 7) is 0.696. The van der Waals surface area contributed by atoms with Crippen LogP contribution in [0.4, 0.5) is 0 Å². The van der Waals surface area contributed by atoms with Crippen molar-refractivity contribution in [1.82, 2.24) is 14.7 Å². The molecule has 0 aliphatic rings. The fourth-order valence-corrected chi connectivity index (χ4v) is 3.74. The highest BCUT2D eigenvalue weighted by atomic mass is 79.9. The first-order chi connectivity index (χ1) is 9.69. The quantitative estimate of drug-likeness (QED) is 0.683. The minimum atomic E-state index is 0.634. The van der Waals surface area contributed by atoms with Crippen molar-refractivity contribution in [1.29, 1.82) is 0 Å². The fourth-order valence-electron chi connectivity index (χ4n) is 1.88. The van der Waals surface area contributed by atoms with Crippen molar-refractivity contribution in [2.75, 3.05) is 7.05 Å². The molecule has 0 aliphatic carbocycles. The van der Waals surface area contributed by atoms with Crippen molar-refractivity contribution in [2.45, 2.75) is 6.54 Å². The number of aromatic nitrogens is 2. The highest BCUT2D eigenvalue weighted by Gasteiger charge is 2.15. The topological polar surface area (TPSA) is 38.6 Å². The Morgan fingerprint density at radius 1 is 1.40 bits per heavy atom. The van der Waals surface area contributed by atoms with E-state index in [0.717, 1.165) is 25.3 Å². The van der Waals surface area contributed by atoms with Crippen molar-refractivity contribution in [3.05, 3.63) is 44.4 Å². The molecule has 0 aliphatic heterocycles. The Balaban J connectivity index is 2.01. The number of halogens is 2. The molecule has 0 saturated heterocycles. The van der Waals surface area contributed by atoms with E-state index in [-0.39, 0.29) is 0 Å². The van der Waals surface area contributed by atoms with Gasteiger partial charge in [-0.15, -0.1) is 11.3 Å². The van der Waals surface area contributed by atoms with Gasteiger partial charge in [-0.05, 0) is 41.2 Å². The molecule has 4 nitrogen and oxygen atoms in total. The number of imidazole rings is 1. The van der Waals surface area contributed by atoms with Crippen molar-refractivity contribution in [3.63, 3.8) is 0 Å². The molecule has 1 N–H and O–H groups in total. The van der Waals surface area contributed by atoms with E-state index < -0.39 is 0 Å². The molecule has 0 spiro atoms. The summed E-state index contributed by atoms with van der Waals surface area (Å²) in [5.74, 6) is 1.38. The lowest BCUT2D eigenvalue weighted by molar-refractivity contribution is 0.454. The second-order valence-corrected chi connectivity index (χ2v) is 6.77. The van der Waals surface area contributed by atoms with Gasteiger partial charge in [0.1, 0.15) is 11.4 Å². The molecule has 1 aromatic carbocycles. The van der Waals surface area contributed by atoms with Gasteiger partial charge in [0.25, 0.3) is 0 Å². The van der Waals surface area contributed by atoms with Gasteiger partial charge < -0.3 is 10.1 Å². The summed E-state index contributed by atoms with van der Waals surface area (Å²) >= 11 is 8.52. The number of ether oxygens (including phenoxy) is 1. The van der Waals surface area contributed by atoms with Gasteiger partial charge >= 0.3 is 0 Å². The zero-order chi connectivity index (χ0) is 14.1. The van der Waals surface area contributed by atoms with E-state index in [9.17, 15) is 0 Å². The zero-order valence-corrected chi connectivity index (χ0v) is 14.5. The van der Waals surface area contributed by atoms with Crippen molar-refractivity contribution in [3.8, 4) is 11.6 Å². The van der Waals surface area contributed by atoms with Crippen LogP contribution in [-0.2, 0) is 6.54 Å². The predicted molar refractivity (Wildman–Crippen MR) is 87.7 cm³/mol. The number of rotatable bonds is 4. The lowest BCUT2D eigenvalue weighted by Gasteiger charge is -2.08. The summed E-state index contributed by atoms with van der Waals surface area (Å²) in [5.41, 5.74) is 1.01. The maximum absolute atomic E-state index is 5.96. The van der Waals surface area contributed by atoms with Crippen LogP contribution >= 0.6 is 43.2 Å². The van der Waals surface area contributed by atoms with Gasteiger partial charge in [0.15, 0.2) is 4.96 Å². The number of hydrogen-bond donors (Lipinski definition) is 1. The average molecular weight is 417 g/mol. The summed E-state index contributed by atoms with van der Waals surface area (Å²) in [5, 5.41) is 5.16. The Bertz CT molecular complexity index is 753. The highest BCUT2D eigenvalue weighted by Crippen LogP contribution is 2.34. The normalized spacial score (nSPS) is 11.2. The van der Waals surface area contributed by atoms with E-state index in [2.05, 4.69) is 42.2 Å². The van der Waals surface area contributed by atoms with Gasteiger partial charge in [-0.2, -0.15) is 4.98 Å². The molecule has 0 amide bonds. The summed E-state index contributed by atoms with van der Waals surface area (Å²) in [6.07, 6.45) is 2.00. The molecule has 0 atom stereocenters.